The fourth-order valence-corrected chi connectivity index (χ4v) is 3.03. The summed E-state index contributed by atoms with van der Waals surface area (Å²) in [5.41, 5.74) is 1.34. The predicted molar refractivity (Wildman–Crippen MR) is 92.3 cm³/mol. The Labute approximate surface area is 139 Å². The molecule has 128 valence electrons. The highest BCUT2D eigenvalue weighted by Gasteiger charge is 2.25. The first kappa shape index (κ1) is 17.9. The molecular formula is C18H29N3O2. The third kappa shape index (κ3) is 5.94. The monoisotopic (exact) mass is 319 g/mol. The number of nitrogens with zero attached hydrogens (tertiary/aromatic N) is 2. The minimum Gasteiger partial charge on any atom is -0.383 e. The average molecular weight is 319 g/mol. The van der Waals surface area contributed by atoms with E-state index in [-0.39, 0.29) is 5.91 Å². The van der Waals surface area contributed by atoms with E-state index < -0.39 is 0 Å². The van der Waals surface area contributed by atoms with Gasteiger partial charge in [-0.25, -0.2) is 0 Å². The van der Waals surface area contributed by atoms with Crippen LogP contribution in [0, 0.1) is 0 Å². The molecule has 5 nitrogen and oxygen atoms in total. The van der Waals surface area contributed by atoms with Crippen LogP contribution >= 0.6 is 0 Å². The van der Waals surface area contributed by atoms with Gasteiger partial charge in [0.05, 0.1) is 13.2 Å². The van der Waals surface area contributed by atoms with Gasteiger partial charge in [-0.15, -0.1) is 0 Å². The maximum absolute atomic E-state index is 12.3. The first-order valence-electron chi connectivity index (χ1n) is 8.42. The van der Waals surface area contributed by atoms with E-state index in [4.69, 9.17) is 4.74 Å². The van der Waals surface area contributed by atoms with Crippen molar-refractivity contribution in [2.75, 3.05) is 46.9 Å². The molecule has 1 aromatic rings. The van der Waals surface area contributed by atoms with E-state index in [0.717, 1.165) is 32.5 Å². The molecule has 1 amide bonds. The Bertz CT molecular complexity index is 467. The molecule has 1 aliphatic rings. The zero-order valence-electron chi connectivity index (χ0n) is 14.3. The van der Waals surface area contributed by atoms with Crippen LogP contribution in [-0.2, 0) is 16.1 Å². The summed E-state index contributed by atoms with van der Waals surface area (Å²) in [6.45, 7) is 4.75. The number of nitrogens with one attached hydrogen (secondary N) is 1. The topological polar surface area (TPSA) is 44.8 Å². The predicted octanol–water partition coefficient (Wildman–Crippen LogP) is 1.35. The van der Waals surface area contributed by atoms with Gasteiger partial charge in [0, 0.05) is 39.8 Å². The van der Waals surface area contributed by atoms with Crippen LogP contribution in [0.25, 0.3) is 0 Å². The molecule has 1 saturated heterocycles. The molecule has 0 aromatic heterocycles. The van der Waals surface area contributed by atoms with Gasteiger partial charge in [0.15, 0.2) is 0 Å². The average Bonchev–Trinajstić information content (AvgIpc) is 2.59. The Balaban J connectivity index is 1.79. The van der Waals surface area contributed by atoms with E-state index in [1.165, 1.54) is 5.56 Å². The van der Waals surface area contributed by atoms with E-state index in [2.05, 4.69) is 34.5 Å². The Morgan fingerprint density at radius 2 is 2.17 bits per heavy atom. The molecule has 1 heterocycles. The van der Waals surface area contributed by atoms with Crippen molar-refractivity contribution in [1.82, 2.24) is 15.1 Å². The highest BCUT2D eigenvalue weighted by molar-refractivity contribution is 5.78. The van der Waals surface area contributed by atoms with E-state index in [1.807, 2.05) is 18.0 Å². The second kappa shape index (κ2) is 9.65. The van der Waals surface area contributed by atoms with E-state index in [0.29, 0.717) is 25.7 Å². The van der Waals surface area contributed by atoms with Crippen LogP contribution in [-0.4, -0.2) is 68.7 Å². The molecule has 1 N–H and O–H groups in total. The van der Waals surface area contributed by atoms with Gasteiger partial charge >= 0.3 is 0 Å². The summed E-state index contributed by atoms with van der Waals surface area (Å²) in [4.78, 5) is 16.6. The van der Waals surface area contributed by atoms with Crippen LogP contribution in [0.15, 0.2) is 30.3 Å². The van der Waals surface area contributed by atoms with Gasteiger partial charge < -0.3 is 15.0 Å². The number of likely N-dealkylation sites (tertiary alicyclic amines) is 1. The molecule has 0 radical (unpaired) electrons. The molecule has 0 aliphatic carbocycles. The van der Waals surface area contributed by atoms with Gasteiger partial charge in [0.2, 0.25) is 5.91 Å². The Hall–Kier alpha value is -1.43. The van der Waals surface area contributed by atoms with Crippen molar-refractivity contribution < 1.29 is 9.53 Å². The SMILES string of the molecule is COCCNCC(=O)N(C)C1CCCN(Cc2ccccc2)C1. The fraction of sp³-hybridized carbons (Fsp3) is 0.611. The van der Waals surface area contributed by atoms with Crippen molar-refractivity contribution in [3.8, 4) is 0 Å². The van der Waals surface area contributed by atoms with Gasteiger partial charge in [0.1, 0.15) is 0 Å². The number of methoxy groups -OCH3 is 1. The van der Waals surface area contributed by atoms with Gasteiger partial charge in [-0.1, -0.05) is 30.3 Å². The van der Waals surface area contributed by atoms with Gasteiger partial charge in [-0.2, -0.15) is 0 Å². The zero-order chi connectivity index (χ0) is 16.5. The standard InChI is InChI=1S/C18H29N3O2/c1-20(18(22)13-19-10-12-23-2)17-9-6-11-21(15-17)14-16-7-4-3-5-8-16/h3-5,7-8,17,19H,6,9-15H2,1-2H3. The summed E-state index contributed by atoms with van der Waals surface area (Å²) in [6.07, 6.45) is 2.23. The fourth-order valence-electron chi connectivity index (χ4n) is 3.03. The second-order valence-electron chi connectivity index (χ2n) is 6.19. The largest absolute Gasteiger partial charge is 0.383 e. The molecule has 0 spiro atoms. The number of hydrogen-bond donors (Lipinski definition) is 1. The lowest BCUT2D eigenvalue weighted by Crippen LogP contribution is -2.50. The van der Waals surface area contributed by atoms with Crippen LogP contribution in [0.4, 0.5) is 0 Å². The Kier molecular flexibility index (Phi) is 7.52. The number of benzene rings is 1. The van der Waals surface area contributed by atoms with E-state index in [1.54, 1.807) is 7.11 Å². The maximum Gasteiger partial charge on any atom is 0.236 e. The zero-order valence-corrected chi connectivity index (χ0v) is 14.3. The molecule has 5 heteroatoms. The molecule has 23 heavy (non-hydrogen) atoms. The van der Waals surface area contributed by atoms with E-state index >= 15 is 0 Å². The highest BCUT2D eigenvalue weighted by atomic mass is 16.5. The first-order chi connectivity index (χ1) is 11.2. The number of likely N-dealkylation sites (N-methyl/N-ethyl adjacent to an activating group) is 1. The lowest BCUT2D eigenvalue weighted by Gasteiger charge is -2.37. The van der Waals surface area contributed by atoms with Crippen LogP contribution in [0.5, 0.6) is 0 Å². The van der Waals surface area contributed by atoms with Crippen molar-refractivity contribution >= 4 is 5.91 Å². The van der Waals surface area contributed by atoms with Crippen molar-refractivity contribution in [2.45, 2.75) is 25.4 Å². The summed E-state index contributed by atoms with van der Waals surface area (Å²) in [6, 6.07) is 10.8. The second-order valence-corrected chi connectivity index (χ2v) is 6.19. The van der Waals surface area contributed by atoms with Crippen molar-refractivity contribution in [1.29, 1.82) is 0 Å². The first-order valence-corrected chi connectivity index (χ1v) is 8.42. The maximum atomic E-state index is 12.3. The van der Waals surface area contributed by atoms with Crippen molar-refractivity contribution in [3.05, 3.63) is 35.9 Å². The molecule has 2 rings (SSSR count). The molecule has 1 aromatic carbocycles. The van der Waals surface area contributed by atoms with Gasteiger partial charge in [-0.05, 0) is 24.9 Å². The minimum absolute atomic E-state index is 0.160. The molecule has 1 fully saturated rings. The van der Waals surface area contributed by atoms with Gasteiger partial charge in [-0.3, -0.25) is 9.69 Å². The van der Waals surface area contributed by atoms with Crippen molar-refractivity contribution in [2.24, 2.45) is 0 Å². The van der Waals surface area contributed by atoms with Crippen molar-refractivity contribution in [3.63, 3.8) is 0 Å². The Morgan fingerprint density at radius 3 is 2.91 bits per heavy atom. The quantitative estimate of drug-likeness (QED) is 0.735. The summed E-state index contributed by atoms with van der Waals surface area (Å²) in [5.74, 6) is 0.160. The number of ether oxygens (including phenoxy) is 1. The molecular weight excluding hydrogens is 290 g/mol. The van der Waals surface area contributed by atoms with Crippen LogP contribution in [0.2, 0.25) is 0 Å². The summed E-state index contributed by atoms with van der Waals surface area (Å²) in [7, 11) is 3.59. The third-order valence-corrected chi connectivity index (χ3v) is 4.43. The lowest BCUT2D eigenvalue weighted by molar-refractivity contribution is -0.132. The molecule has 0 saturated carbocycles. The van der Waals surface area contributed by atoms with Crippen LogP contribution < -0.4 is 5.32 Å². The minimum atomic E-state index is 0.160. The third-order valence-electron chi connectivity index (χ3n) is 4.43. The lowest BCUT2D eigenvalue weighted by atomic mass is 10.0. The summed E-state index contributed by atoms with van der Waals surface area (Å²) < 4.78 is 4.98. The molecule has 1 atom stereocenters. The highest BCUT2D eigenvalue weighted by Crippen LogP contribution is 2.17. The molecule has 0 bridgehead atoms. The number of carbonyl (C=O) groups is 1. The summed E-state index contributed by atoms with van der Waals surface area (Å²) in [5, 5.41) is 3.13. The molecule has 1 aliphatic heterocycles. The smallest absolute Gasteiger partial charge is 0.236 e. The van der Waals surface area contributed by atoms with Crippen LogP contribution in [0.3, 0.4) is 0 Å². The summed E-state index contributed by atoms with van der Waals surface area (Å²) >= 11 is 0. The Morgan fingerprint density at radius 1 is 1.39 bits per heavy atom. The van der Waals surface area contributed by atoms with E-state index in [9.17, 15) is 4.79 Å². The number of rotatable bonds is 8. The number of hydrogen-bond acceptors (Lipinski definition) is 4. The van der Waals surface area contributed by atoms with Crippen LogP contribution in [0.1, 0.15) is 18.4 Å². The number of piperidine rings is 1. The molecule has 1 unspecified atom stereocenters. The number of carbonyl (C=O) groups excluding carboxylic acids is 1. The number of amides is 1. The van der Waals surface area contributed by atoms with Gasteiger partial charge in [0.25, 0.3) is 0 Å². The normalized spacial score (nSPS) is 18.8.